The van der Waals surface area contributed by atoms with Crippen LogP contribution in [0.3, 0.4) is 0 Å². The molecule has 1 amide bonds. The predicted molar refractivity (Wildman–Crippen MR) is 128 cm³/mol. The number of ether oxygens (including phenoxy) is 1. The highest BCUT2D eigenvalue weighted by Crippen LogP contribution is 2.22. The first-order chi connectivity index (χ1) is 15.7. The van der Waals surface area contributed by atoms with Gasteiger partial charge in [-0.3, -0.25) is 9.78 Å². The summed E-state index contributed by atoms with van der Waals surface area (Å²) in [6.45, 7) is 0.769. The fourth-order valence-electron chi connectivity index (χ4n) is 2.87. The van der Waals surface area contributed by atoms with E-state index in [2.05, 4.69) is 15.3 Å². The average molecular weight is 462 g/mol. The summed E-state index contributed by atoms with van der Waals surface area (Å²) in [5.41, 5.74) is 3.62. The number of carbonyl (C=O) groups excluding carboxylic acids is 1. The molecule has 2 heterocycles. The molecule has 7 heteroatoms. The van der Waals surface area contributed by atoms with Crippen LogP contribution in [0.2, 0.25) is 5.02 Å². The van der Waals surface area contributed by atoms with E-state index in [1.54, 1.807) is 18.5 Å². The summed E-state index contributed by atoms with van der Waals surface area (Å²) in [6, 6.07) is 18.9. The van der Waals surface area contributed by atoms with Crippen molar-refractivity contribution in [1.29, 1.82) is 0 Å². The summed E-state index contributed by atoms with van der Waals surface area (Å²) < 4.78 is 5.78. The molecule has 2 aromatic heterocycles. The normalized spacial score (nSPS) is 10.9. The number of nitrogens with zero attached hydrogens (tertiary/aromatic N) is 2. The van der Waals surface area contributed by atoms with Gasteiger partial charge in [0.15, 0.2) is 0 Å². The van der Waals surface area contributed by atoms with Crippen LogP contribution in [0.4, 0.5) is 0 Å². The van der Waals surface area contributed by atoms with Gasteiger partial charge < -0.3 is 10.1 Å². The van der Waals surface area contributed by atoms with E-state index in [-0.39, 0.29) is 5.91 Å². The lowest BCUT2D eigenvalue weighted by atomic mass is 10.2. The highest BCUT2D eigenvalue weighted by molar-refractivity contribution is 7.13. The van der Waals surface area contributed by atoms with Gasteiger partial charge in [0.1, 0.15) is 17.4 Å². The van der Waals surface area contributed by atoms with E-state index in [0.29, 0.717) is 18.2 Å². The maximum Gasteiger partial charge on any atom is 0.244 e. The first-order valence-electron chi connectivity index (χ1n) is 9.94. The molecule has 0 radical (unpaired) electrons. The summed E-state index contributed by atoms with van der Waals surface area (Å²) >= 11 is 7.68. The first kappa shape index (κ1) is 21.7. The number of pyridine rings is 1. The molecule has 1 N–H and O–H groups in total. The number of nitrogens with one attached hydrogen (secondary N) is 1. The van der Waals surface area contributed by atoms with Crippen LogP contribution in [-0.2, 0) is 17.9 Å². The van der Waals surface area contributed by atoms with Crippen molar-refractivity contribution in [3.05, 3.63) is 106 Å². The second-order valence-electron chi connectivity index (χ2n) is 6.89. The Morgan fingerprint density at radius 3 is 2.72 bits per heavy atom. The van der Waals surface area contributed by atoms with Crippen molar-refractivity contribution in [3.63, 3.8) is 0 Å². The topological polar surface area (TPSA) is 64.1 Å². The van der Waals surface area contributed by atoms with Gasteiger partial charge in [-0.05, 0) is 42.0 Å². The monoisotopic (exact) mass is 461 g/mol. The number of thiazole rings is 1. The number of hydrogen-bond acceptors (Lipinski definition) is 5. The van der Waals surface area contributed by atoms with Gasteiger partial charge in [0.2, 0.25) is 5.91 Å². The fourth-order valence-corrected chi connectivity index (χ4v) is 3.87. The molecule has 0 unspecified atom stereocenters. The minimum Gasteiger partial charge on any atom is -0.489 e. The molecule has 0 aliphatic rings. The Balaban J connectivity index is 1.25. The predicted octanol–water partition coefficient (Wildman–Crippen LogP) is 5.77. The second-order valence-corrected chi connectivity index (χ2v) is 8.15. The van der Waals surface area contributed by atoms with Crippen molar-refractivity contribution in [1.82, 2.24) is 15.3 Å². The molecule has 32 heavy (non-hydrogen) atoms. The Labute approximate surface area is 195 Å². The third-order valence-electron chi connectivity index (χ3n) is 4.56. The minimum atomic E-state index is -0.181. The SMILES string of the molecule is O=C(/C=C/c1ccc(OCc2ccccc2Cl)cc1)NCc1csc(-c2cccnc2)n1. The van der Waals surface area contributed by atoms with Crippen LogP contribution in [0, 0.1) is 0 Å². The standard InChI is InChI=1S/C25H20ClN3O2S/c26-23-6-2-1-4-20(23)16-31-22-10-7-18(8-11-22)9-12-24(30)28-15-21-17-32-25(29-21)19-5-3-13-27-14-19/h1-14,17H,15-16H2,(H,28,30)/b12-9+. The second kappa shape index (κ2) is 10.7. The van der Waals surface area contributed by atoms with Crippen LogP contribution in [0.1, 0.15) is 16.8 Å². The average Bonchev–Trinajstić information content (AvgIpc) is 3.31. The minimum absolute atomic E-state index is 0.181. The number of carbonyl (C=O) groups is 1. The quantitative estimate of drug-likeness (QED) is 0.338. The fraction of sp³-hybridized carbons (Fsp3) is 0.0800. The van der Waals surface area contributed by atoms with Crippen LogP contribution in [-0.4, -0.2) is 15.9 Å². The molecule has 0 spiro atoms. The molecule has 0 bridgehead atoms. The summed E-state index contributed by atoms with van der Waals surface area (Å²) in [5.74, 6) is 0.555. The molecule has 160 valence electrons. The van der Waals surface area contributed by atoms with Gasteiger partial charge >= 0.3 is 0 Å². The highest BCUT2D eigenvalue weighted by atomic mass is 35.5. The molecule has 0 fully saturated rings. The molecule has 4 aromatic rings. The van der Waals surface area contributed by atoms with Crippen LogP contribution in [0.15, 0.2) is 84.5 Å². The Kier molecular flexibility index (Phi) is 7.27. The third kappa shape index (κ3) is 6.03. The van der Waals surface area contributed by atoms with Gasteiger partial charge in [-0.1, -0.05) is 41.9 Å². The van der Waals surface area contributed by atoms with Gasteiger partial charge in [-0.25, -0.2) is 4.98 Å². The largest absolute Gasteiger partial charge is 0.489 e. The van der Waals surface area contributed by atoms with Crippen molar-refractivity contribution in [2.24, 2.45) is 0 Å². The zero-order chi connectivity index (χ0) is 22.2. The maximum absolute atomic E-state index is 12.2. The van der Waals surface area contributed by atoms with E-state index in [1.165, 1.54) is 17.4 Å². The Hall–Kier alpha value is -3.48. The summed E-state index contributed by atoms with van der Waals surface area (Å²) in [5, 5.41) is 6.36. The zero-order valence-corrected chi connectivity index (χ0v) is 18.6. The number of amides is 1. The van der Waals surface area contributed by atoms with Crippen molar-refractivity contribution < 1.29 is 9.53 Å². The highest BCUT2D eigenvalue weighted by Gasteiger charge is 2.06. The molecule has 5 nitrogen and oxygen atoms in total. The van der Waals surface area contributed by atoms with Crippen LogP contribution in [0.5, 0.6) is 5.75 Å². The van der Waals surface area contributed by atoms with Gasteiger partial charge in [0, 0.05) is 40.0 Å². The van der Waals surface area contributed by atoms with Crippen molar-refractivity contribution in [2.45, 2.75) is 13.2 Å². The molecule has 0 atom stereocenters. The molecule has 0 aliphatic carbocycles. The van der Waals surface area contributed by atoms with E-state index in [1.807, 2.05) is 66.0 Å². The summed E-state index contributed by atoms with van der Waals surface area (Å²) in [4.78, 5) is 20.8. The Morgan fingerprint density at radius 1 is 1.09 bits per heavy atom. The van der Waals surface area contributed by atoms with E-state index >= 15 is 0 Å². The van der Waals surface area contributed by atoms with E-state index < -0.39 is 0 Å². The van der Waals surface area contributed by atoms with Crippen molar-refractivity contribution in [3.8, 4) is 16.3 Å². The first-order valence-corrected chi connectivity index (χ1v) is 11.2. The van der Waals surface area contributed by atoms with Crippen LogP contribution < -0.4 is 10.1 Å². The number of halogens is 1. The Morgan fingerprint density at radius 2 is 1.94 bits per heavy atom. The molecule has 2 aromatic carbocycles. The lowest BCUT2D eigenvalue weighted by Crippen LogP contribution is -2.20. The number of benzene rings is 2. The van der Waals surface area contributed by atoms with E-state index in [4.69, 9.17) is 16.3 Å². The lowest BCUT2D eigenvalue weighted by molar-refractivity contribution is -0.116. The Bertz CT molecular complexity index is 1210. The maximum atomic E-state index is 12.2. The number of aromatic nitrogens is 2. The zero-order valence-electron chi connectivity index (χ0n) is 17.1. The molecular weight excluding hydrogens is 442 g/mol. The summed E-state index contributed by atoms with van der Waals surface area (Å²) in [6.07, 6.45) is 6.77. The van der Waals surface area contributed by atoms with Gasteiger partial charge in [0.05, 0.1) is 12.2 Å². The van der Waals surface area contributed by atoms with Crippen molar-refractivity contribution in [2.75, 3.05) is 0 Å². The van der Waals surface area contributed by atoms with Gasteiger partial charge in [0.25, 0.3) is 0 Å². The molecule has 0 saturated carbocycles. The third-order valence-corrected chi connectivity index (χ3v) is 5.87. The van der Waals surface area contributed by atoms with Gasteiger partial charge in [-0.15, -0.1) is 11.3 Å². The van der Waals surface area contributed by atoms with Gasteiger partial charge in [-0.2, -0.15) is 0 Å². The molecular formula is C25H20ClN3O2S. The molecule has 0 aliphatic heterocycles. The summed E-state index contributed by atoms with van der Waals surface area (Å²) in [7, 11) is 0. The van der Waals surface area contributed by atoms with E-state index in [9.17, 15) is 4.79 Å². The van der Waals surface area contributed by atoms with Crippen LogP contribution in [0.25, 0.3) is 16.6 Å². The smallest absolute Gasteiger partial charge is 0.244 e. The number of hydrogen-bond donors (Lipinski definition) is 1. The molecule has 4 rings (SSSR count). The van der Waals surface area contributed by atoms with Crippen LogP contribution >= 0.6 is 22.9 Å². The van der Waals surface area contributed by atoms with E-state index in [0.717, 1.165) is 33.1 Å². The number of rotatable bonds is 8. The van der Waals surface area contributed by atoms with Crippen molar-refractivity contribution >= 4 is 34.9 Å². The lowest BCUT2D eigenvalue weighted by Gasteiger charge is -2.07. The molecule has 0 saturated heterocycles.